The molecule has 0 aromatic carbocycles. The van der Waals surface area contributed by atoms with E-state index in [1.165, 1.54) is 13.0 Å². The maximum atomic E-state index is 5.45. The summed E-state index contributed by atoms with van der Waals surface area (Å²) in [5.74, 6) is 0. The minimum absolute atomic E-state index is 0.595. The Morgan fingerprint density at radius 2 is 2.18 bits per heavy atom. The summed E-state index contributed by atoms with van der Waals surface area (Å²) in [6, 6.07) is 1.25. The Morgan fingerprint density at radius 3 is 2.82 bits per heavy atom. The lowest BCUT2D eigenvalue weighted by molar-refractivity contribution is 0.0958. The Hall–Kier alpha value is -0.0800. The molecule has 1 atom stereocenters. The van der Waals surface area contributed by atoms with Gasteiger partial charge in [0.25, 0.3) is 0 Å². The Morgan fingerprint density at radius 1 is 1.45 bits per heavy atom. The third-order valence-corrected chi connectivity index (χ3v) is 2.29. The third-order valence-electron chi connectivity index (χ3n) is 2.29. The fourth-order valence-electron chi connectivity index (χ4n) is 1.69. The smallest absolute Gasteiger partial charge is 0.0619 e. The zero-order chi connectivity index (χ0) is 8.27. The van der Waals surface area contributed by atoms with Crippen molar-refractivity contribution in [1.29, 1.82) is 0 Å². The predicted molar refractivity (Wildman–Crippen MR) is 46.7 cm³/mol. The zero-order valence-corrected chi connectivity index (χ0v) is 7.84. The molecule has 0 bridgehead atoms. The number of ether oxygens (including phenoxy) is 1. The van der Waals surface area contributed by atoms with Crippen molar-refractivity contribution in [2.75, 3.05) is 19.8 Å². The molecular formula is C9H19NO. The largest absolute Gasteiger partial charge is 0.380 e. The highest BCUT2D eigenvalue weighted by Crippen LogP contribution is 2.10. The summed E-state index contributed by atoms with van der Waals surface area (Å²) in [7, 11) is 0. The van der Waals surface area contributed by atoms with Crippen LogP contribution in [0.25, 0.3) is 0 Å². The number of hydrogen-bond donors (Lipinski definition) is 0. The first-order chi connectivity index (χ1) is 5.22. The second-order valence-electron chi connectivity index (χ2n) is 3.61. The van der Waals surface area contributed by atoms with Crippen LogP contribution < -0.4 is 0 Å². The molecule has 2 heteroatoms. The van der Waals surface area contributed by atoms with E-state index in [0.717, 1.165) is 13.2 Å². The molecule has 0 unspecified atom stereocenters. The SMILES string of the molecule is CC(C)N1CCCOC[C@@H]1C. The summed E-state index contributed by atoms with van der Waals surface area (Å²) < 4.78 is 5.45. The molecule has 2 nitrogen and oxygen atoms in total. The van der Waals surface area contributed by atoms with Gasteiger partial charge in [-0.2, -0.15) is 0 Å². The van der Waals surface area contributed by atoms with E-state index in [9.17, 15) is 0 Å². The molecule has 0 N–H and O–H groups in total. The van der Waals surface area contributed by atoms with E-state index in [1.54, 1.807) is 0 Å². The highest BCUT2D eigenvalue weighted by atomic mass is 16.5. The van der Waals surface area contributed by atoms with E-state index in [4.69, 9.17) is 4.74 Å². The molecule has 66 valence electrons. The van der Waals surface area contributed by atoms with Crippen molar-refractivity contribution < 1.29 is 4.74 Å². The normalized spacial score (nSPS) is 28.9. The first-order valence-corrected chi connectivity index (χ1v) is 4.55. The average molecular weight is 157 g/mol. The molecule has 0 spiro atoms. The summed E-state index contributed by atoms with van der Waals surface area (Å²) in [5.41, 5.74) is 0. The topological polar surface area (TPSA) is 12.5 Å². The fourth-order valence-corrected chi connectivity index (χ4v) is 1.69. The standard InChI is InChI=1S/C9H19NO/c1-8(2)10-5-4-6-11-7-9(10)3/h8-9H,4-7H2,1-3H3/t9-/m0/s1. The van der Waals surface area contributed by atoms with Crippen LogP contribution in [0.15, 0.2) is 0 Å². The molecule has 1 fully saturated rings. The van der Waals surface area contributed by atoms with E-state index in [-0.39, 0.29) is 0 Å². The maximum Gasteiger partial charge on any atom is 0.0619 e. The van der Waals surface area contributed by atoms with Crippen LogP contribution >= 0.6 is 0 Å². The molecule has 0 aliphatic carbocycles. The zero-order valence-electron chi connectivity index (χ0n) is 7.84. The van der Waals surface area contributed by atoms with Crippen molar-refractivity contribution in [3.63, 3.8) is 0 Å². The maximum absolute atomic E-state index is 5.45. The lowest BCUT2D eigenvalue weighted by Gasteiger charge is -2.29. The summed E-state index contributed by atoms with van der Waals surface area (Å²) in [5, 5.41) is 0. The van der Waals surface area contributed by atoms with Gasteiger partial charge in [-0.25, -0.2) is 0 Å². The van der Waals surface area contributed by atoms with E-state index < -0.39 is 0 Å². The molecule has 1 aliphatic rings. The molecule has 1 aliphatic heterocycles. The second kappa shape index (κ2) is 4.07. The van der Waals surface area contributed by atoms with E-state index in [1.807, 2.05) is 0 Å². The fraction of sp³-hybridized carbons (Fsp3) is 1.00. The molecule has 11 heavy (non-hydrogen) atoms. The first kappa shape index (κ1) is 9.01. The van der Waals surface area contributed by atoms with Crippen LogP contribution in [0, 0.1) is 0 Å². The molecule has 0 saturated carbocycles. The molecule has 0 aromatic heterocycles. The summed E-state index contributed by atoms with van der Waals surface area (Å²) in [6.07, 6.45) is 1.18. The second-order valence-corrected chi connectivity index (χ2v) is 3.61. The minimum Gasteiger partial charge on any atom is -0.380 e. The van der Waals surface area contributed by atoms with Crippen LogP contribution in [0.5, 0.6) is 0 Å². The molecule has 1 saturated heterocycles. The van der Waals surface area contributed by atoms with Crippen molar-refractivity contribution in [3.8, 4) is 0 Å². The van der Waals surface area contributed by atoms with Crippen LogP contribution in [-0.2, 0) is 4.74 Å². The van der Waals surface area contributed by atoms with Crippen LogP contribution in [0.2, 0.25) is 0 Å². The van der Waals surface area contributed by atoms with Crippen molar-refractivity contribution in [1.82, 2.24) is 4.90 Å². The summed E-state index contributed by atoms with van der Waals surface area (Å²) >= 11 is 0. The monoisotopic (exact) mass is 157 g/mol. The van der Waals surface area contributed by atoms with Crippen molar-refractivity contribution in [2.24, 2.45) is 0 Å². The van der Waals surface area contributed by atoms with Crippen molar-refractivity contribution >= 4 is 0 Å². The Labute approximate surface area is 69.5 Å². The Balaban J connectivity index is 2.45. The summed E-state index contributed by atoms with van der Waals surface area (Å²) in [6.45, 7) is 9.78. The molecular weight excluding hydrogens is 138 g/mol. The molecule has 0 amide bonds. The minimum atomic E-state index is 0.595. The molecule has 1 heterocycles. The van der Waals surface area contributed by atoms with Crippen molar-refractivity contribution in [2.45, 2.75) is 39.3 Å². The van der Waals surface area contributed by atoms with Gasteiger partial charge in [0, 0.05) is 25.2 Å². The van der Waals surface area contributed by atoms with Crippen LogP contribution in [-0.4, -0.2) is 36.7 Å². The van der Waals surface area contributed by atoms with Crippen molar-refractivity contribution in [3.05, 3.63) is 0 Å². The molecule has 0 radical (unpaired) electrons. The molecule has 0 aromatic rings. The third kappa shape index (κ3) is 2.46. The lowest BCUT2D eigenvalue weighted by Crippen LogP contribution is -2.40. The number of nitrogens with zero attached hydrogens (tertiary/aromatic N) is 1. The Bertz CT molecular complexity index is 114. The lowest BCUT2D eigenvalue weighted by atomic mass is 10.2. The Kier molecular flexibility index (Phi) is 3.34. The van der Waals surface area contributed by atoms with E-state index in [0.29, 0.717) is 12.1 Å². The van der Waals surface area contributed by atoms with Gasteiger partial charge in [-0.3, -0.25) is 4.90 Å². The van der Waals surface area contributed by atoms with Gasteiger partial charge in [0.1, 0.15) is 0 Å². The van der Waals surface area contributed by atoms with Crippen LogP contribution in [0.1, 0.15) is 27.2 Å². The van der Waals surface area contributed by atoms with Gasteiger partial charge in [0.2, 0.25) is 0 Å². The molecule has 1 rings (SSSR count). The summed E-state index contributed by atoms with van der Waals surface area (Å²) in [4.78, 5) is 2.51. The van der Waals surface area contributed by atoms with E-state index >= 15 is 0 Å². The highest BCUT2D eigenvalue weighted by Gasteiger charge is 2.18. The predicted octanol–water partition coefficient (Wildman–Crippen LogP) is 1.51. The van der Waals surface area contributed by atoms with Crippen LogP contribution in [0.4, 0.5) is 0 Å². The average Bonchev–Trinajstić information content (AvgIpc) is 2.13. The van der Waals surface area contributed by atoms with Gasteiger partial charge in [-0.05, 0) is 27.2 Å². The van der Waals surface area contributed by atoms with Gasteiger partial charge in [0.15, 0.2) is 0 Å². The van der Waals surface area contributed by atoms with Gasteiger partial charge in [-0.15, -0.1) is 0 Å². The van der Waals surface area contributed by atoms with Gasteiger partial charge in [-0.1, -0.05) is 0 Å². The quantitative estimate of drug-likeness (QED) is 0.572. The number of hydrogen-bond acceptors (Lipinski definition) is 2. The first-order valence-electron chi connectivity index (χ1n) is 4.55. The van der Waals surface area contributed by atoms with Crippen LogP contribution in [0.3, 0.4) is 0 Å². The van der Waals surface area contributed by atoms with E-state index in [2.05, 4.69) is 25.7 Å². The van der Waals surface area contributed by atoms with Gasteiger partial charge >= 0.3 is 0 Å². The number of rotatable bonds is 1. The van der Waals surface area contributed by atoms with Gasteiger partial charge < -0.3 is 4.74 Å². The van der Waals surface area contributed by atoms with Gasteiger partial charge in [0.05, 0.1) is 6.61 Å². The highest BCUT2D eigenvalue weighted by molar-refractivity contribution is 4.72.